The van der Waals surface area contributed by atoms with Crippen LogP contribution in [0.4, 0.5) is 0 Å². The lowest BCUT2D eigenvalue weighted by molar-refractivity contribution is 0.455. The molecule has 0 N–H and O–H groups in total. The van der Waals surface area contributed by atoms with Crippen molar-refractivity contribution in [1.29, 1.82) is 5.26 Å². The van der Waals surface area contributed by atoms with Gasteiger partial charge in [-0.1, -0.05) is 0 Å². The van der Waals surface area contributed by atoms with Crippen LogP contribution in [0.2, 0.25) is 0 Å². The van der Waals surface area contributed by atoms with E-state index in [4.69, 9.17) is 5.26 Å². The molecule has 2 heterocycles. The molecule has 2 aliphatic heterocycles. The van der Waals surface area contributed by atoms with Gasteiger partial charge in [-0.25, -0.2) is 0 Å². The average molecular weight is 158 g/mol. The van der Waals surface area contributed by atoms with Gasteiger partial charge in [0, 0.05) is 12.4 Å². The quantitative estimate of drug-likeness (QED) is 0.520. The molecule has 0 spiro atoms. The first kappa shape index (κ1) is 6.80. The molecule has 58 valence electrons. The van der Waals surface area contributed by atoms with Gasteiger partial charge in [-0.3, -0.25) is 9.98 Å². The van der Waals surface area contributed by atoms with Crippen molar-refractivity contribution in [2.45, 2.75) is 6.17 Å². The van der Waals surface area contributed by atoms with Gasteiger partial charge in [0.05, 0.1) is 18.1 Å². The molecule has 1 atom stereocenters. The SMILES string of the molecule is N#CC1N=CC2=CN=CC=CN21. The number of aliphatic imine (C=N–C) groups is 2. The van der Waals surface area contributed by atoms with Crippen LogP contribution in [0, 0.1) is 11.3 Å². The molecule has 4 heteroatoms. The predicted octanol–water partition coefficient (Wildman–Crippen LogP) is 0.662. The lowest BCUT2D eigenvalue weighted by Gasteiger charge is -2.14. The van der Waals surface area contributed by atoms with Crippen LogP contribution in [0.3, 0.4) is 0 Å². The summed E-state index contributed by atoms with van der Waals surface area (Å²) in [6.07, 6.45) is 8.16. The zero-order chi connectivity index (χ0) is 8.39. The highest BCUT2D eigenvalue weighted by molar-refractivity contribution is 5.83. The second-order valence-electron chi connectivity index (χ2n) is 2.38. The summed E-state index contributed by atoms with van der Waals surface area (Å²) in [6, 6.07) is 2.07. The van der Waals surface area contributed by atoms with Gasteiger partial charge in [0.15, 0.2) is 0 Å². The Bertz CT molecular complexity index is 343. The Labute approximate surface area is 69.8 Å². The molecule has 0 fully saturated rings. The van der Waals surface area contributed by atoms with Crippen LogP contribution in [-0.2, 0) is 0 Å². The Balaban J connectivity index is 2.37. The van der Waals surface area contributed by atoms with Crippen LogP contribution in [0.1, 0.15) is 0 Å². The topological polar surface area (TPSA) is 51.8 Å². The van der Waals surface area contributed by atoms with Gasteiger partial charge in [-0.15, -0.1) is 0 Å². The molecule has 2 aliphatic rings. The van der Waals surface area contributed by atoms with E-state index in [0.29, 0.717) is 0 Å². The standard InChI is InChI=1S/C8H6N4/c9-4-8-11-6-7-5-10-2-1-3-12(7)8/h1-3,5-6,8H. The lowest BCUT2D eigenvalue weighted by atomic mass is 10.4. The first-order chi connectivity index (χ1) is 5.92. The molecular weight excluding hydrogens is 152 g/mol. The summed E-state index contributed by atoms with van der Waals surface area (Å²) in [5.74, 6) is 0. The Hall–Kier alpha value is -1.89. The third kappa shape index (κ3) is 0.920. The number of hydrogen-bond donors (Lipinski definition) is 0. The molecule has 0 radical (unpaired) electrons. The lowest BCUT2D eigenvalue weighted by Crippen LogP contribution is -2.21. The van der Waals surface area contributed by atoms with E-state index in [1.165, 1.54) is 0 Å². The summed E-state index contributed by atoms with van der Waals surface area (Å²) in [5.41, 5.74) is 0.853. The minimum Gasteiger partial charge on any atom is -0.311 e. The van der Waals surface area contributed by atoms with Crippen molar-refractivity contribution in [3.63, 3.8) is 0 Å². The predicted molar refractivity (Wildman–Crippen MR) is 45.4 cm³/mol. The normalized spacial score (nSPS) is 24.8. The molecule has 0 saturated heterocycles. The largest absolute Gasteiger partial charge is 0.311 e. The van der Waals surface area contributed by atoms with E-state index in [1.807, 2.05) is 0 Å². The highest BCUT2D eigenvalue weighted by atomic mass is 15.3. The third-order valence-corrected chi connectivity index (χ3v) is 1.65. The van der Waals surface area contributed by atoms with Crippen molar-refractivity contribution >= 4 is 12.4 Å². The molecule has 0 aromatic rings. The Morgan fingerprint density at radius 1 is 1.58 bits per heavy atom. The van der Waals surface area contributed by atoms with Crippen molar-refractivity contribution in [2.24, 2.45) is 9.98 Å². The van der Waals surface area contributed by atoms with Crippen molar-refractivity contribution in [2.75, 3.05) is 0 Å². The molecule has 0 aliphatic carbocycles. The molecule has 0 aromatic heterocycles. The van der Waals surface area contributed by atoms with E-state index in [1.54, 1.807) is 35.8 Å². The van der Waals surface area contributed by atoms with E-state index >= 15 is 0 Å². The van der Waals surface area contributed by atoms with Crippen molar-refractivity contribution in [3.05, 3.63) is 24.2 Å². The van der Waals surface area contributed by atoms with E-state index in [0.717, 1.165) is 5.70 Å². The number of fused-ring (bicyclic) bond motifs is 1. The second kappa shape index (κ2) is 2.62. The highest BCUT2D eigenvalue weighted by Crippen LogP contribution is 2.17. The van der Waals surface area contributed by atoms with Crippen LogP contribution < -0.4 is 0 Å². The van der Waals surface area contributed by atoms with Gasteiger partial charge in [-0.2, -0.15) is 5.26 Å². The summed E-state index contributed by atoms with van der Waals surface area (Å²) >= 11 is 0. The fourth-order valence-electron chi connectivity index (χ4n) is 1.09. The Morgan fingerprint density at radius 3 is 3.33 bits per heavy atom. The first-order valence-corrected chi connectivity index (χ1v) is 3.53. The molecule has 4 nitrogen and oxygen atoms in total. The minimum absolute atomic E-state index is 0.422. The van der Waals surface area contributed by atoms with Crippen molar-refractivity contribution in [3.8, 4) is 6.07 Å². The summed E-state index contributed by atoms with van der Waals surface area (Å²) in [5, 5.41) is 8.69. The van der Waals surface area contributed by atoms with Crippen LogP contribution in [0.15, 0.2) is 34.2 Å². The Morgan fingerprint density at radius 2 is 2.50 bits per heavy atom. The monoisotopic (exact) mass is 158 g/mol. The van der Waals surface area contributed by atoms with E-state index in [2.05, 4.69) is 16.1 Å². The van der Waals surface area contributed by atoms with Crippen LogP contribution in [0.25, 0.3) is 0 Å². The maximum Gasteiger partial charge on any atom is 0.213 e. The summed E-state index contributed by atoms with van der Waals surface area (Å²) in [4.78, 5) is 9.72. The number of hydrogen-bond acceptors (Lipinski definition) is 4. The van der Waals surface area contributed by atoms with Gasteiger partial charge in [0.25, 0.3) is 0 Å². The minimum atomic E-state index is -0.422. The van der Waals surface area contributed by atoms with Gasteiger partial charge < -0.3 is 4.90 Å². The number of nitriles is 1. The van der Waals surface area contributed by atoms with Gasteiger partial charge in [-0.05, 0) is 6.08 Å². The zero-order valence-electron chi connectivity index (χ0n) is 6.25. The number of nitrogens with zero attached hydrogens (tertiary/aromatic N) is 4. The van der Waals surface area contributed by atoms with E-state index < -0.39 is 6.17 Å². The molecular formula is C8H6N4. The van der Waals surface area contributed by atoms with E-state index in [-0.39, 0.29) is 0 Å². The van der Waals surface area contributed by atoms with Gasteiger partial charge in [0.1, 0.15) is 6.07 Å². The molecule has 1 unspecified atom stereocenters. The number of rotatable bonds is 0. The zero-order valence-corrected chi connectivity index (χ0v) is 6.25. The second-order valence-corrected chi connectivity index (χ2v) is 2.38. The van der Waals surface area contributed by atoms with Crippen LogP contribution >= 0.6 is 0 Å². The van der Waals surface area contributed by atoms with Crippen LogP contribution in [0.5, 0.6) is 0 Å². The summed E-state index contributed by atoms with van der Waals surface area (Å²) in [6.45, 7) is 0. The van der Waals surface area contributed by atoms with Crippen LogP contribution in [-0.4, -0.2) is 23.5 Å². The summed E-state index contributed by atoms with van der Waals surface area (Å²) in [7, 11) is 0. The number of allylic oxidation sites excluding steroid dienone is 2. The molecule has 0 saturated carbocycles. The maximum absolute atomic E-state index is 8.69. The fourth-order valence-corrected chi connectivity index (χ4v) is 1.09. The van der Waals surface area contributed by atoms with Crippen molar-refractivity contribution < 1.29 is 0 Å². The fraction of sp³-hybridized carbons (Fsp3) is 0.125. The van der Waals surface area contributed by atoms with Gasteiger partial charge in [0.2, 0.25) is 6.17 Å². The van der Waals surface area contributed by atoms with E-state index in [9.17, 15) is 0 Å². The van der Waals surface area contributed by atoms with Gasteiger partial charge >= 0.3 is 0 Å². The molecule has 0 amide bonds. The highest BCUT2D eigenvalue weighted by Gasteiger charge is 2.21. The first-order valence-electron chi connectivity index (χ1n) is 3.53. The Kier molecular flexibility index (Phi) is 1.49. The van der Waals surface area contributed by atoms with Crippen molar-refractivity contribution in [1.82, 2.24) is 4.90 Å². The third-order valence-electron chi connectivity index (χ3n) is 1.65. The molecule has 0 bridgehead atoms. The maximum atomic E-state index is 8.69. The molecule has 0 aromatic carbocycles. The molecule has 2 rings (SSSR count). The molecule has 12 heavy (non-hydrogen) atoms. The summed E-state index contributed by atoms with van der Waals surface area (Å²) < 4.78 is 0. The smallest absolute Gasteiger partial charge is 0.213 e. The average Bonchev–Trinajstić information content (AvgIpc) is 2.33.